The summed E-state index contributed by atoms with van der Waals surface area (Å²) in [5, 5.41) is 0. The van der Waals surface area contributed by atoms with Crippen LogP contribution in [0.1, 0.15) is 19.3 Å². The number of esters is 1. The predicted octanol–water partition coefficient (Wildman–Crippen LogP) is 0.574. The van der Waals surface area contributed by atoms with Gasteiger partial charge in [-0.2, -0.15) is 0 Å². The highest BCUT2D eigenvalue weighted by atomic mass is 16.5. The average Bonchev–Trinajstić information content (AvgIpc) is 2.70. The van der Waals surface area contributed by atoms with Crippen LogP contribution in [-0.4, -0.2) is 61.6 Å². The zero-order chi connectivity index (χ0) is 12.0. The molecule has 4 aliphatic rings. The zero-order valence-corrected chi connectivity index (χ0v) is 10.8. The number of likely N-dealkylation sites (N-methyl/N-ethyl adjacent to an activating group) is 1. The monoisotopic (exact) mass is 238 g/mol. The molecule has 4 aliphatic heterocycles. The van der Waals surface area contributed by atoms with Crippen molar-refractivity contribution in [3.05, 3.63) is 0 Å². The molecule has 4 heteroatoms. The van der Waals surface area contributed by atoms with Crippen LogP contribution in [0, 0.1) is 11.8 Å². The van der Waals surface area contributed by atoms with Crippen molar-refractivity contribution in [2.24, 2.45) is 11.8 Å². The summed E-state index contributed by atoms with van der Waals surface area (Å²) in [4.78, 5) is 16.5. The molecule has 0 radical (unpaired) electrons. The molecule has 0 spiro atoms. The van der Waals surface area contributed by atoms with Gasteiger partial charge in [0, 0.05) is 18.6 Å². The summed E-state index contributed by atoms with van der Waals surface area (Å²) < 4.78 is 4.84. The molecule has 2 bridgehead atoms. The maximum atomic E-state index is 11.5. The quantitative estimate of drug-likeness (QED) is 0.659. The number of nitrogens with zero attached hydrogens (tertiary/aromatic N) is 2. The molecule has 4 saturated heterocycles. The van der Waals surface area contributed by atoms with E-state index in [4.69, 9.17) is 4.74 Å². The van der Waals surface area contributed by atoms with Crippen LogP contribution in [0.2, 0.25) is 0 Å². The van der Waals surface area contributed by atoms with Gasteiger partial charge in [0.2, 0.25) is 0 Å². The van der Waals surface area contributed by atoms with Gasteiger partial charge in [-0.25, -0.2) is 0 Å². The largest absolute Gasteiger partial charge is 0.469 e. The summed E-state index contributed by atoms with van der Waals surface area (Å²) in [6.07, 6.45) is 3.28. The SMILES string of the molecule is COC(=O)CC1C2C(CN1C)C1CCN2CC1. The highest BCUT2D eigenvalue weighted by molar-refractivity contribution is 5.70. The van der Waals surface area contributed by atoms with E-state index in [0.717, 1.165) is 18.4 Å². The van der Waals surface area contributed by atoms with Gasteiger partial charge in [0.1, 0.15) is 0 Å². The fraction of sp³-hybridized carbons (Fsp3) is 0.923. The Morgan fingerprint density at radius 1 is 1.35 bits per heavy atom. The first-order valence-electron chi connectivity index (χ1n) is 6.72. The van der Waals surface area contributed by atoms with E-state index in [1.54, 1.807) is 0 Å². The molecule has 17 heavy (non-hydrogen) atoms. The number of carbonyl (C=O) groups is 1. The van der Waals surface area contributed by atoms with Gasteiger partial charge in [-0.3, -0.25) is 9.69 Å². The van der Waals surface area contributed by atoms with Crippen LogP contribution in [0.5, 0.6) is 0 Å². The number of methoxy groups -OCH3 is 1. The van der Waals surface area contributed by atoms with Gasteiger partial charge in [-0.1, -0.05) is 0 Å². The Hall–Kier alpha value is -0.610. The van der Waals surface area contributed by atoms with Gasteiger partial charge in [-0.05, 0) is 44.8 Å². The lowest BCUT2D eigenvalue weighted by molar-refractivity contribution is -0.142. The van der Waals surface area contributed by atoms with E-state index in [1.165, 1.54) is 33.0 Å². The van der Waals surface area contributed by atoms with Crippen molar-refractivity contribution in [2.45, 2.75) is 31.3 Å². The lowest BCUT2D eigenvalue weighted by atomic mass is 9.73. The summed E-state index contributed by atoms with van der Waals surface area (Å²) in [6.45, 7) is 3.63. The van der Waals surface area contributed by atoms with E-state index in [9.17, 15) is 4.79 Å². The van der Waals surface area contributed by atoms with Crippen LogP contribution in [0.25, 0.3) is 0 Å². The second-order valence-electron chi connectivity index (χ2n) is 5.82. The molecule has 0 amide bonds. The summed E-state index contributed by atoms with van der Waals surface area (Å²) >= 11 is 0. The van der Waals surface area contributed by atoms with Crippen LogP contribution < -0.4 is 0 Å². The van der Waals surface area contributed by atoms with Gasteiger partial charge in [-0.15, -0.1) is 0 Å². The lowest BCUT2D eigenvalue weighted by Crippen LogP contribution is -2.57. The fourth-order valence-corrected chi connectivity index (χ4v) is 4.24. The third-order valence-electron chi connectivity index (χ3n) is 5.10. The first-order chi connectivity index (χ1) is 8.20. The summed E-state index contributed by atoms with van der Waals surface area (Å²) in [5.74, 6) is 1.62. The number of likely N-dealkylation sites (tertiary alicyclic amines) is 1. The minimum absolute atomic E-state index is 0.0647. The van der Waals surface area contributed by atoms with E-state index in [1.807, 2.05) is 0 Å². The Labute approximate surface area is 103 Å². The minimum Gasteiger partial charge on any atom is -0.469 e. The molecule has 0 aliphatic carbocycles. The molecule has 0 aromatic rings. The molecular weight excluding hydrogens is 216 g/mol. The smallest absolute Gasteiger partial charge is 0.307 e. The molecule has 96 valence electrons. The second-order valence-corrected chi connectivity index (χ2v) is 5.82. The highest BCUT2D eigenvalue weighted by Crippen LogP contribution is 2.44. The number of ether oxygens (including phenoxy) is 1. The summed E-state index contributed by atoms with van der Waals surface area (Å²) in [5.41, 5.74) is 0. The number of carbonyl (C=O) groups excluding carboxylic acids is 1. The predicted molar refractivity (Wildman–Crippen MR) is 64.6 cm³/mol. The van der Waals surface area contributed by atoms with Crippen LogP contribution in [0.4, 0.5) is 0 Å². The zero-order valence-electron chi connectivity index (χ0n) is 10.8. The molecule has 4 nitrogen and oxygen atoms in total. The Balaban J connectivity index is 1.78. The normalized spacial score (nSPS) is 44.7. The van der Waals surface area contributed by atoms with Gasteiger partial charge < -0.3 is 9.64 Å². The van der Waals surface area contributed by atoms with Gasteiger partial charge in [0.05, 0.1) is 13.5 Å². The number of piperidine rings is 3. The van der Waals surface area contributed by atoms with Crippen molar-refractivity contribution >= 4 is 5.97 Å². The van der Waals surface area contributed by atoms with Crippen molar-refractivity contribution in [2.75, 3.05) is 33.8 Å². The lowest BCUT2D eigenvalue weighted by Gasteiger charge is -2.49. The molecule has 0 aromatic heterocycles. The Morgan fingerprint density at radius 3 is 2.71 bits per heavy atom. The molecule has 0 aromatic carbocycles. The Kier molecular flexibility index (Phi) is 2.87. The van der Waals surface area contributed by atoms with Crippen LogP contribution >= 0.6 is 0 Å². The minimum atomic E-state index is -0.0647. The van der Waals surface area contributed by atoms with Gasteiger partial charge in [0.15, 0.2) is 0 Å². The van der Waals surface area contributed by atoms with Crippen LogP contribution in [0.15, 0.2) is 0 Å². The number of fused-ring (bicyclic) bond motifs is 2. The first kappa shape index (κ1) is 11.5. The van der Waals surface area contributed by atoms with E-state index in [-0.39, 0.29) is 5.97 Å². The molecule has 4 fully saturated rings. The molecule has 4 rings (SSSR count). The van der Waals surface area contributed by atoms with Gasteiger partial charge >= 0.3 is 5.97 Å². The molecule has 3 unspecified atom stereocenters. The standard InChI is InChI=1S/C13H22N2O2/c1-14-8-10-9-3-5-15(6-4-9)13(10)11(14)7-12(16)17-2/h9-11,13H,3-8H2,1-2H3. The van der Waals surface area contributed by atoms with Crippen molar-refractivity contribution < 1.29 is 9.53 Å². The molecule has 3 atom stereocenters. The molecule has 4 heterocycles. The number of hydrogen-bond acceptors (Lipinski definition) is 4. The topological polar surface area (TPSA) is 32.8 Å². The molecular formula is C13H22N2O2. The van der Waals surface area contributed by atoms with E-state index in [0.29, 0.717) is 18.5 Å². The van der Waals surface area contributed by atoms with Gasteiger partial charge in [0.25, 0.3) is 0 Å². The second kappa shape index (κ2) is 4.25. The van der Waals surface area contributed by atoms with Crippen LogP contribution in [-0.2, 0) is 9.53 Å². The maximum Gasteiger partial charge on any atom is 0.307 e. The first-order valence-corrected chi connectivity index (χ1v) is 6.72. The van der Waals surface area contributed by atoms with Crippen molar-refractivity contribution in [3.8, 4) is 0 Å². The fourth-order valence-electron chi connectivity index (χ4n) is 4.24. The third kappa shape index (κ3) is 1.78. The molecule has 0 saturated carbocycles. The van der Waals surface area contributed by atoms with Crippen molar-refractivity contribution in [1.29, 1.82) is 0 Å². The highest BCUT2D eigenvalue weighted by Gasteiger charge is 2.51. The summed E-state index contributed by atoms with van der Waals surface area (Å²) in [6, 6.07) is 0.974. The van der Waals surface area contributed by atoms with Crippen LogP contribution in [0.3, 0.4) is 0 Å². The number of hydrogen-bond donors (Lipinski definition) is 0. The van der Waals surface area contributed by atoms with E-state index < -0.39 is 0 Å². The van der Waals surface area contributed by atoms with E-state index in [2.05, 4.69) is 16.8 Å². The summed E-state index contributed by atoms with van der Waals surface area (Å²) in [7, 11) is 3.65. The van der Waals surface area contributed by atoms with Crippen molar-refractivity contribution in [3.63, 3.8) is 0 Å². The van der Waals surface area contributed by atoms with E-state index >= 15 is 0 Å². The van der Waals surface area contributed by atoms with Crippen molar-refractivity contribution in [1.82, 2.24) is 9.80 Å². The Morgan fingerprint density at radius 2 is 2.06 bits per heavy atom. The molecule has 0 N–H and O–H groups in total. The third-order valence-corrected chi connectivity index (χ3v) is 5.10. The number of rotatable bonds is 2. The maximum absolute atomic E-state index is 11.5. The Bertz CT molecular complexity index is 313. The average molecular weight is 238 g/mol.